The molecular formula is C16H25NO. The van der Waals surface area contributed by atoms with E-state index in [1.54, 1.807) is 6.08 Å². The fourth-order valence-electron chi connectivity index (χ4n) is 6.05. The van der Waals surface area contributed by atoms with Gasteiger partial charge in [-0.1, -0.05) is 19.9 Å². The van der Waals surface area contributed by atoms with E-state index in [-0.39, 0.29) is 5.41 Å². The summed E-state index contributed by atoms with van der Waals surface area (Å²) in [5, 5.41) is 3.07. The van der Waals surface area contributed by atoms with Gasteiger partial charge in [0.15, 0.2) is 0 Å². The van der Waals surface area contributed by atoms with Crippen LogP contribution < -0.4 is 5.32 Å². The van der Waals surface area contributed by atoms with Crippen LogP contribution in [0, 0.1) is 22.2 Å². The molecule has 0 aromatic carbocycles. The molecule has 4 aliphatic rings. The molecule has 0 aliphatic heterocycles. The van der Waals surface area contributed by atoms with E-state index in [4.69, 9.17) is 0 Å². The van der Waals surface area contributed by atoms with Crippen LogP contribution in [-0.2, 0) is 4.79 Å². The van der Waals surface area contributed by atoms with Gasteiger partial charge in [0.05, 0.1) is 5.41 Å². The lowest BCUT2D eigenvalue weighted by atomic mass is 9.40. The zero-order valence-corrected chi connectivity index (χ0v) is 11.7. The topological polar surface area (TPSA) is 29.1 Å². The normalized spacial score (nSPS) is 49.1. The van der Waals surface area contributed by atoms with E-state index < -0.39 is 0 Å². The summed E-state index contributed by atoms with van der Waals surface area (Å²) in [6.45, 7) is 9.12. The van der Waals surface area contributed by atoms with Gasteiger partial charge in [-0.05, 0) is 55.3 Å². The van der Waals surface area contributed by atoms with Crippen LogP contribution in [0.5, 0.6) is 0 Å². The molecule has 4 rings (SSSR count). The molecule has 2 heteroatoms. The summed E-state index contributed by atoms with van der Waals surface area (Å²) in [5.74, 6) is 1.08. The first kappa shape index (κ1) is 12.3. The summed E-state index contributed by atoms with van der Waals surface area (Å²) in [6, 6.07) is 0. The fraction of sp³-hybridized carbons (Fsp3) is 0.812. The van der Waals surface area contributed by atoms with E-state index in [0.29, 0.717) is 23.3 Å². The molecular weight excluding hydrogens is 222 g/mol. The Morgan fingerprint density at radius 1 is 1.22 bits per heavy atom. The largest absolute Gasteiger partial charge is 0.352 e. The third-order valence-corrected chi connectivity index (χ3v) is 5.51. The maximum absolute atomic E-state index is 12.6. The average Bonchev–Trinajstić information content (AvgIpc) is 2.20. The fourth-order valence-corrected chi connectivity index (χ4v) is 6.05. The van der Waals surface area contributed by atoms with Gasteiger partial charge in [-0.3, -0.25) is 4.79 Å². The Kier molecular flexibility index (Phi) is 2.46. The van der Waals surface area contributed by atoms with Crippen LogP contribution in [0.4, 0.5) is 0 Å². The monoisotopic (exact) mass is 247 g/mol. The first-order chi connectivity index (χ1) is 8.39. The smallest absolute Gasteiger partial charge is 0.226 e. The molecule has 2 nitrogen and oxygen atoms in total. The van der Waals surface area contributed by atoms with E-state index in [1.807, 2.05) is 0 Å². The molecule has 4 fully saturated rings. The van der Waals surface area contributed by atoms with Crippen molar-refractivity contribution in [3.8, 4) is 0 Å². The molecule has 1 amide bonds. The van der Waals surface area contributed by atoms with Crippen LogP contribution in [0.1, 0.15) is 52.4 Å². The number of hydrogen-bond donors (Lipinski definition) is 1. The van der Waals surface area contributed by atoms with Crippen molar-refractivity contribution < 1.29 is 4.79 Å². The van der Waals surface area contributed by atoms with Gasteiger partial charge < -0.3 is 5.32 Å². The highest BCUT2D eigenvalue weighted by Crippen LogP contribution is 2.69. The molecule has 0 heterocycles. The SMILES string of the molecule is C=CCNC(=O)C12CC3C[C@@](C)(C1)C[C@](C)(C3)C2. The van der Waals surface area contributed by atoms with Crippen LogP contribution in [-0.4, -0.2) is 12.5 Å². The summed E-state index contributed by atoms with van der Waals surface area (Å²) in [6.07, 6.45) is 9.14. The van der Waals surface area contributed by atoms with E-state index >= 15 is 0 Å². The lowest BCUT2D eigenvalue weighted by Crippen LogP contribution is -2.59. The van der Waals surface area contributed by atoms with Crippen molar-refractivity contribution in [2.75, 3.05) is 6.54 Å². The van der Waals surface area contributed by atoms with Gasteiger partial charge in [-0.25, -0.2) is 0 Å². The molecule has 0 radical (unpaired) electrons. The Morgan fingerprint density at radius 3 is 2.33 bits per heavy atom. The van der Waals surface area contributed by atoms with Gasteiger partial charge in [0.1, 0.15) is 0 Å². The molecule has 0 spiro atoms. The standard InChI is InChI=1S/C16H25NO/c1-4-5-17-13(18)16-8-12-6-14(2,10-16)9-15(3,7-12)11-16/h4,12H,1,5-11H2,2-3H3,(H,17,18)/t12?,14-,15+,16?. The Morgan fingerprint density at radius 2 is 1.83 bits per heavy atom. The summed E-state index contributed by atoms with van der Waals surface area (Å²) < 4.78 is 0. The van der Waals surface area contributed by atoms with Crippen LogP contribution in [0.2, 0.25) is 0 Å². The van der Waals surface area contributed by atoms with Crippen molar-refractivity contribution in [3.05, 3.63) is 12.7 Å². The molecule has 18 heavy (non-hydrogen) atoms. The molecule has 4 saturated carbocycles. The molecule has 2 unspecified atom stereocenters. The second-order valence-electron chi connectivity index (χ2n) is 7.91. The molecule has 0 saturated heterocycles. The van der Waals surface area contributed by atoms with Gasteiger partial charge in [-0.15, -0.1) is 6.58 Å². The average molecular weight is 247 g/mol. The first-order valence-electron chi connectivity index (χ1n) is 7.28. The molecule has 4 aliphatic carbocycles. The van der Waals surface area contributed by atoms with Gasteiger partial charge >= 0.3 is 0 Å². The minimum absolute atomic E-state index is 0.0636. The zero-order chi connectivity index (χ0) is 13.0. The highest BCUT2D eigenvalue weighted by Gasteiger charge is 2.62. The Balaban J connectivity index is 1.89. The molecule has 4 atom stereocenters. The summed E-state index contributed by atoms with van der Waals surface area (Å²) in [5.41, 5.74) is 0.769. The van der Waals surface area contributed by atoms with Gasteiger partial charge in [-0.2, -0.15) is 0 Å². The lowest BCUT2D eigenvalue weighted by molar-refractivity contribution is -0.169. The van der Waals surface area contributed by atoms with E-state index in [1.165, 1.54) is 19.3 Å². The van der Waals surface area contributed by atoms with E-state index in [9.17, 15) is 4.79 Å². The number of carbonyl (C=O) groups excluding carboxylic acids is 1. The quantitative estimate of drug-likeness (QED) is 0.762. The Labute approximate surface area is 110 Å². The minimum atomic E-state index is -0.0636. The maximum atomic E-state index is 12.6. The Hall–Kier alpha value is -0.790. The van der Waals surface area contributed by atoms with Crippen LogP contribution in [0.25, 0.3) is 0 Å². The minimum Gasteiger partial charge on any atom is -0.352 e. The number of hydrogen-bond acceptors (Lipinski definition) is 1. The van der Waals surface area contributed by atoms with Gasteiger partial charge in [0.2, 0.25) is 5.91 Å². The van der Waals surface area contributed by atoms with Crippen molar-refractivity contribution >= 4 is 5.91 Å². The van der Waals surface area contributed by atoms with Crippen molar-refractivity contribution in [1.29, 1.82) is 0 Å². The maximum Gasteiger partial charge on any atom is 0.226 e. The number of nitrogens with one attached hydrogen (secondary N) is 1. The highest BCUT2D eigenvalue weighted by atomic mass is 16.2. The second kappa shape index (κ2) is 3.61. The third-order valence-electron chi connectivity index (χ3n) is 5.51. The molecule has 0 aromatic rings. The summed E-state index contributed by atoms with van der Waals surface area (Å²) >= 11 is 0. The van der Waals surface area contributed by atoms with Crippen LogP contribution >= 0.6 is 0 Å². The van der Waals surface area contributed by atoms with Crippen molar-refractivity contribution in [2.24, 2.45) is 22.2 Å². The first-order valence-corrected chi connectivity index (χ1v) is 7.28. The van der Waals surface area contributed by atoms with Crippen LogP contribution in [0.3, 0.4) is 0 Å². The number of carbonyl (C=O) groups is 1. The van der Waals surface area contributed by atoms with Crippen LogP contribution in [0.15, 0.2) is 12.7 Å². The Bertz CT molecular complexity index is 382. The molecule has 4 bridgehead atoms. The summed E-state index contributed by atoms with van der Waals surface area (Å²) in [4.78, 5) is 12.6. The molecule has 1 N–H and O–H groups in total. The highest BCUT2D eigenvalue weighted by molar-refractivity contribution is 5.83. The second-order valence-corrected chi connectivity index (χ2v) is 7.91. The zero-order valence-electron chi connectivity index (χ0n) is 11.7. The van der Waals surface area contributed by atoms with Crippen molar-refractivity contribution in [2.45, 2.75) is 52.4 Å². The van der Waals surface area contributed by atoms with E-state index in [2.05, 4.69) is 25.7 Å². The molecule has 0 aromatic heterocycles. The van der Waals surface area contributed by atoms with Crippen molar-refractivity contribution in [3.63, 3.8) is 0 Å². The number of rotatable bonds is 3. The summed E-state index contributed by atoms with van der Waals surface area (Å²) in [7, 11) is 0. The predicted octanol–water partition coefficient (Wildman–Crippen LogP) is 3.29. The molecule has 100 valence electrons. The van der Waals surface area contributed by atoms with Gasteiger partial charge in [0, 0.05) is 6.54 Å². The lowest BCUT2D eigenvalue weighted by Gasteiger charge is -2.64. The third kappa shape index (κ3) is 1.72. The number of amides is 1. The van der Waals surface area contributed by atoms with Gasteiger partial charge in [0.25, 0.3) is 0 Å². The van der Waals surface area contributed by atoms with E-state index in [0.717, 1.165) is 25.2 Å². The van der Waals surface area contributed by atoms with Crippen molar-refractivity contribution in [1.82, 2.24) is 5.32 Å². The predicted molar refractivity (Wildman–Crippen MR) is 73.0 cm³/mol.